The first-order valence-corrected chi connectivity index (χ1v) is 8.26. The molecule has 2 unspecified atom stereocenters. The molecule has 3 heteroatoms. The van der Waals surface area contributed by atoms with Gasteiger partial charge in [0.1, 0.15) is 0 Å². The molecule has 2 atom stereocenters. The minimum Gasteiger partial charge on any atom is -0.314 e. The molecule has 0 radical (unpaired) electrons. The number of hydrogen-bond acceptors (Lipinski definition) is 2. The second kappa shape index (κ2) is 9.29. The Morgan fingerprint density at radius 1 is 1.22 bits per heavy atom. The first kappa shape index (κ1) is 15.4. The van der Waals surface area contributed by atoms with Crippen molar-refractivity contribution in [2.75, 3.05) is 12.3 Å². The van der Waals surface area contributed by atoms with Crippen molar-refractivity contribution in [1.29, 1.82) is 0 Å². The van der Waals surface area contributed by atoms with E-state index in [0.29, 0.717) is 6.04 Å². The van der Waals surface area contributed by atoms with Crippen molar-refractivity contribution < 1.29 is 4.21 Å². The Morgan fingerprint density at radius 2 is 1.94 bits per heavy atom. The Balaban J connectivity index is 2.26. The van der Waals surface area contributed by atoms with Gasteiger partial charge in [0.2, 0.25) is 0 Å². The summed E-state index contributed by atoms with van der Waals surface area (Å²) in [4.78, 5) is 0.951. The lowest BCUT2D eigenvalue weighted by atomic mass is 10.1. The molecule has 1 aromatic rings. The molecule has 0 bridgehead atoms. The largest absolute Gasteiger partial charge is 0.314 e. The summed E-state index contributed by atoms with van der Waals surface area (Å²) >= 11 is 0. The van der Waals surface area contributed by atoms with E-state index in [2.05, 4.69) is 19.2 Å². The standard InChI is InChI=1S/C15H25NOS/c1-3-12-16-14(4-2)9-8-13-18(17)15-10-6-5-7-11-15/h5-7,10-11,14,16H,3-4,8-9,12-13H2,1-2H3. The van der Waals surface area contributed by atoms with E-state index in [1.807, 2.05) is 30.3 Å². The Kier molecular flexibility index (Phi) is 7.94. The topological polar surface area (TPSA) is 29.1 Å². The minimum absolute atomic E-state index is 0.581. The third-order valence-corrected chi connectivity index (χ3v) is 4.52. The number of benzene rings is 1. The summed E-state index contributed by atoms with van der Waals surface area (Å²) in [5.74, 6) is 0.772. The Labute approximate surface area is 114 Å². The molecular formula is C15H25NOS. The lowest BCUT2D eigenvalue weighted by Crippen LogP contribution is -2.29. The zero-order chi connectivity index (χ0) is 13.2. The van der Waals surface area contributed by atoms with Crippen LogP contribution in [0.1, 0.15) is 39.5 Å². The van der Waals surface area contributed by atoms with E-state index < -0.39 is 10.8 Å². The molecule has 0 heterocycles. The van der Waals surface area contributed by atoms with Crippen LogP contribution in [0.4, 0.5) is 0 Å². The Hall–Kier alpha value is -0.670. The molecule has 1 aromatic carbocycles. The summed E-state index contributed by atoms with van der Waals surface area (Å²) in [7, 11) is -0.835. The fourth-order valence-corrected chi connectivity index (χ4v) is 3.08. The molecule has 1 N–H and O–H groups in total. The summed E-state index contributed by atoms with van der Waals surface area (Å²) in [6.45, 7) is 5.48. The van der Waals surface area contributed by atoms with Gasteiger partial charge in [0.15, 0.2) is 0 Å². The van der Waals surface area contributed by atoms with Gasteiger partial charge in [-0.2, -0.15) is 0 Å². The van der Waals surface area contributed by atoms with Crippen LogP contribution in [0.15, 0.2) is 35.2 Å². The van der Waals surface area contributed by atoms with Crippen LogP contribution in [0, 0.1) is 0 Å². The van der Waals surface area contributed by atoms with Crippen molar-refractivity contribution in [2.45, 2.75) is 50.5 Å². The molecule has 0 aliphatic rings. The van der Waals surface area contributed by atoms with E-state index in [4.69, 9.17) is 0 Å². The van der Waals surface area contributed by atoms with Crippen LogP contribution in [-0.4, -0.2) is 22.5 Å². The average molecular weight is 267 g/mol. The zero-order valence-electron chi connectivity index (χ0n) is 11.5. The highest BCUT2D eigenvalue weighted by Gasteiger charge is 2.07. The number of rotatable bonds is 9. The van der Waals surface area contributed by atoms with Gasteiger partial charge in [0, 0.05) is 16.7 Å². The van der Waals surface area contributed by atoms with Gasteiger partial charge in [0.05, 0.1) is 10.8 Å². The maximum absolute atomic E-state index is 12.0. The highest BCUT2D eigenvalue weighted by Crippen LogP contribution is 2.09. The van der Waals surface area contributed by atoms with Crippen LogP contribution in [0.2, 0.25) is 0 Å². The third-order valence-electron chi connectivity index (χ3n) is 3.06. The minimum atomic E-state index is -0.835. The van der Waals surface area contributed by atoms with Crippen LogP contribution in [-0.2, 0) is 10.8 Å². The molecule has 0 spiro atoms. The molecule has 2 nitrogen and oxygen atoms in total. The molecule has 0 aromatic heterocycles. The van der Waals surface area contributed by atoms with Crippen molar-refractivity contribution in [2.24, 2.45) is 0 Å². The van der Waals surface area contributed by atoms with Crippen molar-refractivity contribution in [3.05, 3.63) is 30.3 Å². The Morgan fingerprint density at radius 3 is 2.56 bits per heavy atom. The maximum atomic E-state index is 12.0. The lowest BCUT2D eigenvalue weighted by Gasteiger charge is -2.16. The predicted molar refractivity (Wildman–Crippen MR) is 79.3 cm³/mol. The molecular weight excluding hydrogens is 242 g/mol. The molecule has 1 rings (SSSR count). The molecule has 0 amide bonds. The maximum Gasteiger partial charge on any atom is 0.0529 e. The first-order chi connectivity index (χ1) is 8.77. The van der Waals surface area contributed by atoms with Crippen molar-refractivity contribution >= 4 is 10.8 Å². The van der Waals surface area contributed by atoms with Crippen LogP contribution < -0.4 is 5.32 Å². The van der Waals surface area contributed by atoms with Gasteiger partial charge in [-0.25, -0.2) is 0 Å². The van der Waals surface area contributed by atoms with Gasteiger partial charge in [-0.05, 0) is 44.4 Å². The summed E-state index contributed by atoms with van der Waals surface area (Å²) in [5.41, 5.74) is 0. The van der Waals surface area contributed by atoms with Crippen molar-refractivity contribution in [3.63, 3.8) is 0 Å². The monoisotopic (exact) mass is 267 g/mol. The fourth-order valence-electron chi connectivity index (χ4n) is 1.95. The van der Waals surface area contributed by atoms with Gasteiger partial charge in [-0.15, -0.1) is 0 Å². The summed E-state index contributed by atoms with van der Waals surface area (Å²) in [6.07, 6.45) is 4.47. The van der Waals surface area contributed by atoms with Gasteiger partial charge in [0.25, 0.3) is 0 Å². The fraction of sp³-hybridized carbons (Fsp3) is 0.600. The smallest absolute Gasteiger partial charge is 0.0529 e. The quantitative estimate of drug-likeness (QED) is 0.743. The van der Waals surface area contributed by atoms with E-state index in [1.54, 1.807) is 0 Å². The second-order valence-corrected chi connectivity index (χ2v) is 6.13. The van der Waals surface area contributed by atoms with Gasteiger partial charge < -0.3 is 5.32 Å². The van der Waals surface area contributed by atoms with E-state index in [1.165, 1.54) is 6.42 Å². The average Bonchev–Trinajstić information content (AvgIpc) is 2.43. The van der Waals surface area contributed by atoms with Gasteiger partial charge in [-0.3, -0.25) is 4.21 Å². The van der Waals surface area contributed by atoms with E-state index in [-0.39, 0.29) is 0 Å². The third kappa shape index (κ3) is 5.78. The van der Waals surface area contributed by atoms with Crippen LogP contribution in [0.5, 0.6) is 0 Å². The van der Waals surface area contributed by atoms with E-state index >= 15 is 0 Å². The predicted octanol–water partition coefficient (Wildman–Crippen LogP) is 3.35. The van der Waals surface area contributed by atoms with Crippen LogP contribution >= 0.6 is 0 Å². The molecule has 0 aliphatic carbocycles. The number of nitrogens with one attached hydrogen (secondary N) is 1. The van der Waals surface area contributed by atoms with Crippen molar-refractivity contribution in [1.82, 2.24) is 5.32 Å². The summed E-state index contributed by atoms with van der Waals surface area (Å²) in [5, 5.41) is 3.53. The van der Waals surface area contributed by atoms with E-state index in [9.17, 15) is 4.21 Å². The molecule has 18 heavy (non-hydrogen) atoms. The SMILES string of the molecule is CCCNC(CC)CCCS(=O)c1ccccc1. The normalized spacial score (nSPS) is 14.3. The van der Waals surface area contributed by atoms with Gasteiger partial charge in [-0.1, -0.05) is 32.0 Å². The van der Waals surface area contributed by atoms with Crippen LogP contribution in [0.25, 0.3) is 0 Å². The summed E-state index contributed by atoms with van der Waals surface area (Å²) in [6, 6.07) is 10.3. The van der Waals surface area contributed by atoms with E-state index in [0.717, 1.165) is 36.5 Å². The first-order valence-electron chi connectivity index (χ1n) is 6.94. The lowest BCUT2D eigenvalue weighted by molar-refractivity contribution is 0.464. The van der Waals surface area contributed by atoms with Gasteiger partial charge >= 0.3 is 0 Å². The zero-order valence-corrected chi connectivity index (χ0v) is 12.3. The number of hydrogen-bond donors (Lipinski definition) is 1. The molecule has 0 saturated heterocycles. The van der Waals surface area contributed by atoms with Crippen LogP contribution in [0.3, 0.4) is 0 Å². The highest BCUT2D eigenvalue weighted by molar-refractivity contribution is 7.85. The molecule has 0 saturated carbocycles. The molecule has 102 valence electrons. The highest BCUT2D eigenvalue weighted by atomic mass is 32.2. The second-order valence-electron chi connectivity index (χ2n) is 4.56. The molecule has 0 fully saturated rings. The summed E-state index contributed by atoms with van der Waals surface area (Å²) < 4.78 is 12.0. The van der Waals surface area contributed by atoms with Crippen molar-refractivity contribution in [3.8, 4) is 0 Å². The molecule has 0 aliphatic heterocycles. The Bertz CT molecular complexity index is 340.